The Morgan fingerprint density at radius 1 is 1.13 bits per heavy atom. The van der Waals surface area contributed by atoms with E-state index in [1.807, 2.05) is 30.3 Å². The fraction of sp³-hybridized carbons (Fsp3) is 0.0476. The van der Waals surface area contributed by atoms with E-state index in [1.165, 1.54) is 48.1 Å². The minimum atomic E-state index is -4.28. The van der Waals surface area contributed by atoms with Gasteiger partial charge in [0, 0.05) is 16.3 Å². The van der Waals surface area contributed by atoms with Gasteiger partial charge in [0.05, 0.1) is 10.6 Å². The first-order valence-electron chi connectivity index (χ1n) is 8.76. The lowest BCUT2D eigenvalue weighted by Crippen LogP contribution is -2.14. The molecule has 6 nitrogen and oxygen atoms in total. The van der Waals surface area contributed by atoms with Crippen LogP contribution in [0.3, 0.4) is 0 Å². The maximum atomic E-state index is 13.1. The lowest BCUT2D eigenvalue weighted by atomic mass is 10.2. The lowest BCUT2D eigenvalue weighted by Gasteiger charge is -2.12. The first-order chi connectivity index (χ1) is 14.8. The summed E-state index contributed by atoms with van der Waals surface area (Å²) in [5.74, 6) is -0.685. The van der Waals surface area contributed by atoms with Crippen LogP contribution in [0.25, 0.3) is 0 Å². The molecule has 0 spiro atoms. The van der Waals surface area contributed by atoms with Crippen molar-refractivity contribution in [2.45, 2.75) is 15.5 Å². The summed E-state index contributed by atoms with van der Waals surface area (Å²) in [5.41, 5.74) is 1.17. The van der Waals surface area contributed by atoms with Gasteiger partial charge in [-0.3, -0.25) is 4.79 Å². The number of carbonyl (C=O) groups excluding carboxylic acids is 1. The second kappa shape index (κ2) is 9.89. The summed E-state index contributed by atoms with van der Waals surface area (Å²) in [6.45, 7) is 0. The number of rotatable bonds is 7. The van der Waals surface area contributed by atoms with Crippen LogP contribution in [0, 0.1) is 11.2 Å². The van der Waals surface area contributed by atoms with Crippen LogP contribution in [-0.4, -0.2) is 20.3 Å². The standard InChI is InChI=1S/C21H15ClFN3O3S2/c22-18-11-19(30-12-14-4-2-1-3-5-14)20(31(28,29)25-13-24)10-17(18)21(27)26-16-8-6-15(23)7-9-16/h1-11,24H,12H2,(H,26,27). The topological polar surface area (TPSA) is 99.4 Å². The Hall–Kier alpha value is -2.97. The number of sulfonamides is 1. The van der Waals surface area contributed by atoms with Crippen LogP contribution in [0.4, 0.5) is 10.1 Å². The van der Waals surface area contributed by atoms with Crippen molar-refractivity contribution < 1.29 is 17.6 Å². The van der Waals surface area contributed by atoms with Crippen molar-refractivity contribution in [2.24, 2.45) is 4.40 Å². The fourth-order valence-corrected chi connectivity index (χ4v) is 5.12. The number of thioether (sulfide) groups is 1. The Labute approximate surface area is 187 Å². The summed E-state index contributed by atoms with van der Waals surface area (Å²) in [6, 6.07) is 18.5. The number of nitrogens with one attached hydrogen (secondary N) is 2. The first kappa shape index (κ1) is 22.7. The molecule has 0 bridgehead atoms. The maximum absolute atomic E-state index is 13.1. The number of anilines is 1. The van der Waals surface area contributed by atoms with Crippen LogP contribution >= 0.6 is 23.4 Å². The zero-order valence-electron chi connectivity index (χ0n) is 15.8. The molecule has 0 aliphatic rings. The van der Waals surface area contributed by atoms with Crippen molar-refractivity contribution in [3.63, 3.8) is 0 Å². The molecule has 0 radical (unpaired) electrons. The van der Waals surface area contributed by atoms with Gasteiger partial charge in [0.1, 0.15) is 16.7 Å². The SMILES string of the molecule is N=C=NS(=O)(=O)c1cc(C(=O)Nc2ccc(F)cc2)c(Cl)cc1SCc1ccccc1. The number of amides is 1. The van der Waals surface area contributed by atoms with Crippen LogP contribution < -0.4 is 5.32 Å². The number of hydrogen-bond acceptors (Lipinski definition) is 5. The average Bonchev–Trinajstić information content (AvgIpc) is 2.74. The minimum absolute atomic E-state index is 0.0351. The molecule has 3 rings (SSSR count). The van der Waals surface area contributed by atoms with Crippen LogP contribution in [0.5, 0.6) is 0 Å². The van der Waals surface area contributed by atoms with Gasteiger partial charge in [-0.25, -0.2) is 9.80 Å². The van der Waals surface area contributed by atoms with E-state index in [0.29, 0.717) is 11.4 Å². The maximum Gasteiger partial charge on any atom is 0.292 e. The zero-order valence-corrected chi connectivity index (χ0v) is 18.2. The van der Waals surface area contributed by atoms with Gasteiger partial charge in [-0.2, -0.15) is 8.42 Å². The molecular weight excluding hydrogens is 461 g/mol. The molecule has 0 aliphatic carbocycles. The van der Waals surface area contributed by atoms with E-state index < -0.39 is 21.7 Å². The van der Waals surface area contributed by atoms with E-state index in [-0.39, 0.29) is 20.4 Å². The highest BCUT2D eigenvalue weighted by Crippen LogP contribution is 2.35. The predicted octanol–water partition coefficient (Wildman–Crippen LogP) is 5.47. The summed E-state index contributed by atoms with van der Waals surface area (Å²) in [4.78, 5) is 12.7. The van der Waals surface area contributed by atoms with Gasteiger partial charge in [0.15, 0.2) is 0 Å². The van der Waals surface area contributed by atoms with Crippen molar-refractivity contribution in [3.8, 4) is 0 Å². The quantitative estimate of drug-likeness (QED) is 0.350. The smallest absolute Gasteiger partial charge is 0.292 e. The van der Waals surface area contributed by atoms with Crippen molar-refractivity contribution in [1.29, 1.82) is 5.41 Å². The number of carbonyl (C=O) groups is 1. The second-order valence-corrected chi connectivity index (χ2v) is 9.19. The van der Waals surface area contributed by atoms with Gasteiger partial charge in [-0.05, 0) is 42.0 Å². The van der Waals surface area contributed by atoms with Crippen LogP contribution in [0.15, 0.2) is 80.9 Å². The van der Waals surface area contributed by atoms with Crippen molar-refractivity contribution in [3.05, 3.63) is 88.7 Å². The minimum Gasteiger partial charge on any atom is -0.322 e. The highest BCUT2D eigenvalue weighted by atomic mass is 35.5. The first-order valence-corrected chi connectivity index (χ1v) is 11.6. The van der Waals surface area contributed by atoms with E-state index in [0.717, 1.165) is 11.6 Å². The Bertz CT molecular complexity index is 1260. The van der Waals surface area contributed by atoms with Gasteiger partial charge in [-0.1, -0.05) is 46.3 Å². The van der Waals surface area contributed by atoms with Crippen LogP contribution in [-0.2, 0) is 15.8 Å². The summed E-state index contributed by atoms with van der Waals surface area (Å²) in [6.07, 6.45) is 0. The summed E-state index contributed by atoms with van der Waals surface area (Å²) in [7, 11) is -4.28. The number of benzene rings is 3. The van der Waals surface area contributed by atoms with Gasteiger partial charge in [-0.15, -0.1) is 11.8 Å². The van der Waals surface area contributed by atoms with Gasteiger partial charge >= 0.3 is 0 Å². The number of halogens is 2. The predicted molar refractivity (Wildman–Crippen MR) is 119 cm³/mol. The number of hydrogen-bond donors (Lipinski definition) is 2. The molecular formula is C21H15ClFN3O3S2. The van der Waals surface area contributed by atoms with Crippen molar-refractivity contribution in [2.75, 3.05) is 5.32 Å². The zero-order chi connectivity index (χ0) is 22.4. The molecule has 3 aromatic carbocycles. The third-order valence-electron chi connectivity index (χ3n) is 4.06. The second-order valence-electron chi connectivity index (χ2n) is 6.19. The third-order valence-corrected chi connectivity index (χ3v) is 6.85. The molecule has 0 unspecified atom stereocenters. The van der Waals surface area contributed by atoms with Crippen LogP contribution in [0.2, 0.25) is 5.02 Å². The van der Waals surface area contributed by atoms with Crippen LogP contribution in [0.1, 0.15) is 15.9 Å². The molecule has 0 fully saturated rings. The van der Waals surface area contributed by atoms with Gasteiger partial charge in [0.2, 0.25) is 0 Å². The molecule has 2 N–H and O–H groups in total. The molecule has 158 valence electrons. The molecule has 10 heteroatoms. The monoisotopic (exact) mass is 475 g/mol. The highest BCUT2D eigenvalue weighted by Gasteiger charge is 2.23. The summed E-state index contributed by atoms with van der Waals surface area (Å²) >= 11 is 7.49. The Balaban J connectivity index is 1.98. The average molecular weight is 476 g/mol. The third kappa shape index (κ3) is 5.80. The molecule has 0 atom stereocenters. The van der Waals surface area contributed by atoms with E-state index in [9.17, 15) is 17.6 Å². The largest absolute Gasteiger partial charge is 0.322 e. The molecule has 1 amide bonds. The molecule has 0 aliphatic heterocycles. The Morgan fingerprint density at radius 2 is 1.81 bits per heavy atom. The molecule has 0 saturated heterocycles. The van der Waals surface area contributed by atoms with E-state index in [2.05, 4.69) is 9.71 Å². The lowest BCUT2D eigenvalue weighted by molar-refractivity contribution is 0.102. The van der Waals surface area contributed by atoms with Crippen molar-refractivity contribution >= 4 is 51.0 Å². The molecule has 0 heterocycles. The Morgan fingerprint density at radius 3 is 2.45 bits per heavy atom. The normalized spacial score (nSPS) is 10.9. The Kier molecular flexibility index (Phi) is 7.25. The van der Waals surface area contributed by atoms with Gasteiger partial charge in [0.25, 0.3) is 15.9 Å². The molecule has 0 aromatic heterocycles. The fourth-order valence-electron chi connectivity index (χ4n) is 2.60. The molecule has 0 saturated carbocycles. The molecule has 31 heavy (non-hydrogen) atoms. The van der Waals surface area contributed by atoms with E-state index in [4.69, 9.17) is 17.0 Å². The van der Waals surface area contributed by atoms with E-state index in [1.54, 1.807) is 0 Å². The summed E-state index contributed by atoms with van der Waals surface area (Å²) < 4.78 is 41.3. The number of nitrogens with zero attached hydrogens (tertiary/aromatic N) is 1. The summed E-state index contributed by atoms with van der Waals surface area (Å²) in [5, 5.41) is 9.50. The molecule has 3 aromatic rings. The van der Waals surface area contributed by atoms with E-state index >= 15 is 0 Å². The van der Waals surface area contributed by atoms with Gasteiger partial charge < -0.3 is 5.32 Å². The highest BCUT2D eigenvalue weighted by molar-refractivity contribution is 7.99. The van der Waals surface area contributed by atoms with Crippen molar-refractivity contribution in [1.82, 2.24) is 0 Å².